The molecule has 0 saturated carbocycles. The third-order valence-corrected chi connectivity index (χ3v) is 1.19. The minimum absolute atomic E-state index is 0.123. The first-order chi connectivity index (χ1) is 8.62. The highest BCUT2D eigenvalue weighted by Gasteiger charge is 1.91. The van der Waals surface area contributed by atoms with E-state index in [9.17, 15) is 9.59 Å². The van der Waals surface area contributed by atoms with E-state index in [1.54, 1.807) is 27.7 Å². The standard InChI is InChI=1S/2C5H10O2.2C2H6/c2*1-3-5(6)7-4-2;2*1-2/h2*3-4H2,1-2H3;2*1-2H3. The fraction of sp³-hybridized carbons (Fsp3) is 0.857. The van der Waals surface area contributed by atoms with Crippen LogP contribution in [0.3, 0.4) is 0 Å². The summed E-state index contributed by atoms with van der Waals surface area (Å²) in [6.07, 6.45) is 0.960. The number of hydrogen-bond acceptors (Lipinski definition) is 4. The van der Waals surface area contributed by atoms with E-state index < -0.39 is 0 Å². The highest BCUT2D eigenvalue weighted by atomic mass is 16.5. The first-order valence-corrected chi connectivity index (χ1v) is 6.93. The van der Waals surface area contributed by atoms with Crippen LogP contribution in [0.15, 0.2) is 0 Å². The predicted molar refractivity (Wildman–Crippen MR) is 76.5 cm³/mol. The molecule has 0 aliphatic heterocycles. The van der Waals surface area contributed by atoms with E-state index in [0.29, 0.717) is 26.1 Å². The highest BCUT2D eigenvalue weighted by molar-refractivity contribution is 5.69. The lowest BCUT2D eigenvalue weighted by molar-refractivity contribution is -0.143. The van der Waals surface area contributed by atoms with Gasteiger partial charge in [0.05, 0.1) is 13.2 Å². The Balaban J connectivity index is -0.0000000851. The summed E-state index contributed by atoms with van der Waals surface area (Å²) < 4.78 is 9.10. The van der Waals surface area contributed by atoms with Gasteiger partial charge in [-0.1, -0.05) is 41.5 Å². The molecule has 112 valence electrons. The fourth-order valence-corrected chi connectivity index (χ4v) is 0.526. The lowest BCUT2D eigenvalue weighted by Gasteiger charge is -1.93. The first kappa shape index (κ1) is 25.7. The van der Waals surface area contributed by atoms with Gasteiger partial charge in [0, 0.05) is 12.8 Å². The van der Waals surface area contributed by atoms with Crippen molar-refractivity contribution in [3.8, 4) is 0 Å². The molecule has 0 unspecified atom stereocenters. The Morgan fingerprint density at radius 1 is 0.667 bits per heavy atom. The van der Waals surface area contributed by atoms with E-state index in [4.69, 9.17) is 0 Å². The summed E-state index contributed by atoms with van der Waals surface area (Å²) in [5.74, 6) is -0.245. The Hall–Kier alpha value is -1.06. The second-order valence-corrected chi connectivity index (χ2v) is 2.32. The van der Waals surface area contributed by atoms with Crippen LogP contribution in [0.25, 0.3) is 0 Å². The number of hydrogen-bond donors (Lipinski definition) is 0. The van der Waals surface area contributed by atoms with Crippen molar-refractivity contribution >= 4 is 11.9 Å². The van der Waals surface area contributed by atoms with Crippen molar-refractivity contribution in [3.05, 3.63) is 0 Å². The lowest BCUT2D eigenvalue weighted by atomic mass is 10.5. The Morgan fingerprint density at radius 2 is 0.889 bits per heavy atom. The largest absolute Gasteiger partial charge is 0.466 e. The van der Waals surface area contributed by atoms with Gasteiger partial charge in [0.2, 0.25) is 0 Å². The fourth-order valence-electron chi connectivity index (χ4n) is 0.526. The topological polar surface area (TPSA) is 52.6 Å². The Bertz CT molecular complexity index is 138. The van der Waals surface area contributed by atoms with Crippen LogP contribution in [0, 0.1) is 0 Å². The molecule has 0 saturated heterocycles. The van der Waals surface area contributed by atoms with Gasteiger partial charge < -0.3 is 9.47 Å². The monoisotopic (exact) mass is 264 g/mol. The molecule has 4 heteroatoms. The van der Waals surface area contributed by atoms with E-state index in [1.807, 2.05) is 27.7 Å². The van der Waals surface area contributed by atoms with Crippen LogP contribution < -0.4 is 0 Å². The molecule has 0 aliphatic carbocycles. The van der Waals surface area contributed by atoms with Gasteiger partial charge in [-0.25, -0.2) is 0 Å². The van der Waals surface area contributed by atoms with E-state index in [2.05, 4.69) is 9.47 Å². The molecule has 0 aromatic heterocycles. The van der Waals surface area contributed by atoms with Crippen LogP contribution in [-0.4, -0.2) is 25.2 Å². The van der Waals surface area contributed by atoms with Gasteiger partial charge in [0.25, 0.3) is 0 Å². The van der Waals surface area contributed by atoms with Gasteiger partial charge in [0.15, 0.2) is 0 Å². The Kier molecular flexibility index (Phi) is 42.5. The molecule has 0 amide bonds. The number of carbonyl (C=O) groups excluding carboxylic acids is 2. The molecule has 0 aromatic carbocycles. The molecule has 0 bridgehead atoms. The second-order valence-electron chi connectivity index (χ2n) is 2.32. The van der Waals surface area contributed by atoms with E-state index in [-0.39, 0.29) is 11.9 Å². The van der Waals surface area contributed by atoms with Crippen LogP contribution >= 0.6 is 0 Å². The average Bonchev–Trinajstić information content (AvgIpc) is 2.44. The van der Waals surface area contributed by atoms with Crippen molar-refractivity contribution in [2.45, 2.75) is 68.2 Å². The van der Waals surface area contributed by atoms with Crippen LogP contribution in [-0.2, 0) is 19.1 Å². The number of esters is 2. The van der Waals surface area contributed by atoms with Crippen LogP contribution in [0.1, 0.15) is 68.2 Å². The molecular weight excluding hydrogens is 232 g/mol. The zero-order valence-corrected chi connectivity index (χ0v) is 13.5. The number of rotatable bonds is 4. The zero-order valence-electron chi connectivity index (χ0n) is 13.5. The lowest BCUT2D eigenvalue weighted by Crippen LogP contribution is -2.00. The highest BCUT2D eigenvalue weighted by Crippen LogP contribution is 1.81. The number of carbonyl (C=O) groups is 2. The van der Waals surface area contributed by atoms with Crippen molar-refractivity contribution in [1.82, 2.24) is 0 Å². The average molecular weight is 264 g/mol. The SMILES string of the molecule is CC.CC.CCOC(=O)CC.CCOC(=O)CC. The molecule has 4 nitrogen and oxygen atoms in total. The maximum Gasteiger partial charge on any atom is 0.305 e. The van der Waals surface area contributed by atoms with Crippen LogP contribution in [0.5, 0.6) is 0 Å². The molecule has 0 fully saturated rings. The molecule has 0 aliphatic rings. The minimum atomic E-state index is -0.123. The van der Waals surface area contributed by atoms with E-state index >= 15 is 0 Å². The summed E-state index contributed by atoms with van der Waals surface area (Å²) in [6.45, 7) is 16.1. The van der Waals surface area contributed by atoms with Crippen molar-refractivity contribution in [3.63, 3.8) is 0 Å². The molecule has 0 N–H and O–H groups in total. The molecule has 0 rings (SSSR count). The molecular formula is C14H32O4. The van der Waals surface area contributed by atoms with Crippen LogP contribution in [0.2, 0.25) is 0 Å². The predicted octanol–water partition coefficient (Wildman–Crippen LogP) is 3.97. The zero-order chi connectivity index (χ0) is 15.4. The number of ether oxygens (including phenoxy) is 2. The molecule has 0 heterocycles. The molecule has 0 aromatic rings. The summed E-state index contributed by atoms with van der Waals surface area (Å²) in [5.41, 5.74) is 0. The van der Waals surface area contributed by atoms with Gasteiger partial charge in [-0.15, -0.1) is 0 Å². The molecule has 0 atom stereocenters. The second kappa shape index (κ2) is 29.7. The summed E-state index contributed by atoms with van der Waals surface area (Å²) in [7, 11) is 0. The minimum Gasteiger partial charge on any atom is -0.466 e. The van der Waals surface area contributed by atoms with Gasteiger partial charge in [-0.3, -0.25) is 9.59 Å². The molecule has 0 spiro atoms. The van der Waals surface area contributed by atoms with Crippen molar-refractivity contribution < 1.29 is 19.1 Å². The maximum absolute atomic E-state index is 10.2. The van der Waals surface area contributed by atoms with E-state index in [0.717, 1.165) is 0 Å². The smallest absolute Gasteiger partial charge is 0.305 e. The van der Waals surface area contributed by atoms with Crippen LogP contribution in [0.4, 0.5) is 0 Å². The van der Waals surface area contributed by atoms with Gasteiger partial charge >= 0.3 is 11.9 Å². The molecule has 18 heavy (non-hydrogen) atoms. The third-order valence-electron chi connectivity index (χ3n) is 1.19. The summed E-state index contributed by atoms with van der Waals surface area (Å²) in [6, 6.07) is 0. The quantitative estimate of drug-likeness (QED) is 0.721. The molecule has 0 radical (unpaired) electrons. The normalized spacial score (nSPS) is 7.11. The van der Waals surface area contributed by atoms with E-state index in [1.165, 1.54) is 0 Å². The van der Waals surface area contributed by atoms with Gasteiger partial charge in [-0.05, 0) is 13.8 Å². The van der Waals surface area contributed by atoms with Gasteiger partial charge in [0.1, 0.15) is 0 Å². The Morgan fingerprint density at radius 3 is 0.944 bits per heavy atom. The summed E-state index contributed by atoms with van der Waals surface area (Å²) >= 11 is 0. The van der Waals surface area contributed by atoms with Crippen molar-refractivity contribution in [2.24, 2.45) is 0 Å². The summed E-state index contributed by atoms with van der Waals surface area (Å²) in [5, 5.41) is 0. The van der Waals surface area contributed by atoms with Crippen molar-refractivity contribution in [1.29, 1.82) is 0 Å². The van der Waals surface area contributed by atoms with Crippen molar-refractivity contribution in [2.75, 3.05) is 13.2 Å². The van der Waals surface area contributed by atoms with Gasteiger partial charge in [-0.2, -0.15) is 0 Å². The third kappa shape index (κ3) is 36.3. The first-order valence-electron chi connectivity index (χ1n) is 6.93. The summed E-state index contributed by atoms with van der Waals surface area (Å²) in [4.78, 5) is 20.4. The Labute approximate surface area is 113 Å². The maximum atomic E-state index is 10.2.